The van der Waals surface area contributed by atoms with Gasteiger partial charge in [-0.2, -0.15) is 0 Å². The van der Waals surface area contributed by atoms with E-state index in [0.29, 0.717) is 32.3 Å². The predicted molar refractivity (Wildman–Crippen MR) is 106 cm³/mol. The summed E-state index contributed by atoms with van der Waals surface area (Å²) in [5, 5.41) is 3.02. The number of fused-ring (bicyclic) bond motifs is 1. The number of carbonyl (C=O) groups is 1. The van der Waals surface area contributed by atoms with Gasteiger partial charge in [-0.25, -0.2) is 4.99 Å². The van der Waals surface area contributed by atoms with E-state index in [-0.39, 0.29) is 48.6 Å². The molecule has 2 unspecified atom stereocenters. The van der Waals surface area contributed by atoms with Crippen LogP contribution in [0.15, 0.2) is 29.3 Å². The van der Waals surface area contributed by atoms with Crippen molar-refractivity contribution in [2.45, 2.75) is 25.5 Å². The summed E-state index contributed by atoms with van der Waals surface area (Å²) in [6.45, 7) is 4.65. The average Bonchev–Trinajstić information content (AvgIpc) is 2.60. The molecule has 3 N–H and O–H groups in total. The number of nitrogens with zero attached hydrogens (tertiary/aromatic N) is 2. The number of halogens is 1. The maximum atomic E-state index is 12.2. The van der Waals surface area contributed by atoms with Gasteiger partial charge in [-0.05, 0) is 13.0 Å². The Kier molecular flexibility index (Phi) is 7.30. The molecule has 1 amide bonds. The van der Waals surface area contributed by atoms with Crippen LogP contribution in [-0.4, -0.2) is 55.7 Å². The third kappa shape index (κ3) is 5.21. The first-order valence-corrected chi connectivity index (χ1v) is 8.31. The molecule has 0 radical (unpaired) electrons. The summed E-state index contributed by atoms with van der Waals surface area (Å²) in [4.78, 5) is 18.4. The van der Waals surface area contributed by atoms with Gasteiger partial charge >= 0.3 is 0 Å². The van der Waals surface area contributed by atoms with Gasteiger partial charge in [0.1, 0.15) is 12.3 Å². The van der Waals surface area contributed by atoms with E-state index in [2.05, 4.69) is 10.3 Å². The lowest BCUT2D eigenvalue weighted by Crippen LogP contribution is -2.48. The molecule has 138 valence electrons. The van der Waals surface area contributed by atoms with Crippen molar-refractivity contribution in [3.8, 4) is 5.75 Å². The number of rotatable bonds is 3. The molecule has 2 heterocycles. The number of nitrogens with two attached hydrogens (primary N) is 1. The molecule has 1 aromatic rings. The molecule has 1 fully saturated rings. The average molecular weight is 460 g/mol. The van der Waals surface area contributed by atoms with Crippen molar-refractivity contribution >= 4 is 35.8 Å². The molecule has 2 aliphatic heterocycles. The quantitative estimate of drug-likeness (QED) is 0.403. The zero-order valence-corrected chi connectivity index (χ0v) is 16.6. The second kappa shape index (κ2) is 9.23. The van der Waals surface area contributed by atoms with Crippen molar-refractivity contribution in [1.82, 2.24) is 10.2 Å². The van der Waals surface area contributed by atoms with Gasteiger partial charge in [-0.3, -0.25) is 4.79 Å². The first-order chi connectivity index (χ1) is 11.6. The van der Waals surface area contributed by atoms with Gasteiger partial charge in [0, 0.05) is 25.1 Å². The number of morpholine rings is 1. The molecule has 0 aromatic heterocycles. The molecular formula is C17H25IN4O3. The minimum atomic E-state index is -0.138. The van der Waals surface area contributed by atoms with Gasteiger partial charge in [-0.15, -0.1) is 24.0 Å². The van der Waals surface area contributed by atoms with E-state index in [1.54, 1.807) is 0 Å². The highest BCUT2D eigenvalue weighted by atomic mass is 127. The van der Waals surface area contributed by atoms with Crippen molar-refractivity contribution in [3.63, 3.8) is 0 Å². The van der Waals surface area contributed by atoms with Crippen molar-refractivity contribution < 1.29 is 14.3 Å². The molecule has 0 bridgehead atoms. The number of benzene rings is 1. The van der Waals surface area contributed by atoms with Crippen molar-refractivity contribution in [1.29, 1.82) is 0 Å². The third-order valence-corrected chi connectivity index (χ3v) is 4.24. The van der Waals surface area contributed by atoms with Crippen LogP contribution in [-0.2, 0) is 9.53 Å². The molecule has 0 spiro atoms. The minimum absolute atomic E-state index is 0. The number of guanidine groups is 1. The van der Waals surface area contributed by atoms with Crippen molar-refractivity contribution in [2.24, 2.45) is 10.7 Å². The highest BCUT2D eigenvalue weighted by molar-refractivity contribution is 14.0. The van der Waals surface area contributed by atoms with Gasteiger partial charge in [0.25, 0.3) is 0 Å². The van der Waals surface area contributed by atoms with E-state index >= 15 is 0 Å². The normalized spacial score (nSPS) is 23.1. The summed E-state index contributed by atoms with van der Waals surface area (Å²) in [5.41, 5.74) is 7.00. The summed E-state index contributed by atoms with van der Waals surface area (Å²) in [7, 11) is 0. The largest absolute Gasteiger partial charge is 0.493 e. The highest BCUT2D eigenvalue weighted by Crippen LogP contribution is 2.31. The summed E-state index contributed by atoms with van der Waals surface area (Å²) in [5.74, 6) is 1.09. The molecule has 7 nitrogen and oxygen atoms in total. The second-order valence-electron chi connectivity index (χ2n) is 6.10. The maximum Gasteiger partial charge on any atom is 0.242 e. The van der Waals surface area contributed by atoms with Gasteiger partial charge in [0.15, 0.2) is 5.96 Å². The Morgan fingerprint density at radius 1 is 1.40 bits per heavy atom. The van der Waals surface area contributed by atoms with Gasteiger partial charge in [-0.1, -0.05) is 18.2 Å². The number of hydrogen-bond acceptors (Lipinski definition) is 4. The minimum Gasteiger partial charge on any atom is -0.493 e. The number of nitrogens with one attached hydrogen (secondary N) is 1. The number of hydrogen-bond donors (Lipinski definition) is 2. The van der Waals surface area contributed by atoms with Gasteiger partial charge in [0.05, 0.1) is 25.4 Å². The van der Waals surface area contributed by atoms with Gasteiger partial charge in [0.2, 0.25) is 5.91 Å². The number of ether oxygens (including phenoxy) is 2. The molecule has 1 saturated heterocycles. The molecule has 1 aromatic carbocycles. The second-order valence-corrected chi connectivity index (χ2v) is 6.10. The van der Waals surface area contributed by atoms with Crippen LogP contribution in [0.3, 0.4) is 0 Å². The summed E-state index contributed by atoms with van der Waals surface area (Å²) in [6.07, 6.45) is 0.878. The smallest absolute Gasteiger partial charge is 0.242 e. The fourth-order valence-electron chi connectivity index (χ4n) is 3.01. The molecule has 0 saturated carbocycles. The van der Waals surface area contributed by atoms with Crippen LogP contribution in [0.2, 0.25) is 0 Å². The molecular weight excluding hydrogens is 435 g/mol. The first-order valence-electron chi connectivity index (χ1n) is 8.31. The van der Waals surface area contributed by atoms with E-state index in [1.807, 2.05) is 36.1 Å². The Bertz CT molecular complexity index is 626. The van der Waals surface area contributed by atoms with E-state index in [9.17, 15) is 4.79 Å². The number of para-hydroxylation sites is 1. The zero-order chi connectivity index (χ0) is 16.9. The highest BCUT2D eigenvalue weighted by Gasteiger charge is 2.23. The molecule has 8 heteroatoms. The van der Waals surface area contributed by atoms with E-state index < -0.39 is 0 Å². The molecule has 3 rings (SSSR count). The lowest BCUT2D eigenvalue weighted by molar-refractivity contribution is -0.120. The van der Waals surface area contributed by atoms with Crippen LogP contribution in [0.5, 0.6) is 5.75 Å². The van der Waals surface area contributed by atoms with Crippen molar-refractivity contribution in [3.05, 3.63) is 29.8 Å². The molecule has 2 aliphatic rings. The van der Waals surface area contributed by atoms with Crippen molar-refractivity contribution in [2.75, 3.05) is 32.8 Å². The Morgan fingerprint density at radius 2 is 2.20 bits per heavy atom. The number of aliphatic imine (C=N–C) groups is 1. The fourth-order valence-corrected chi connectivity index (χ4v) is 3.01. The predicted octanol–water partition coefficient (Wildman–Crippen LogP) is 1.28. The van der Waals surface area contributed by atoms with Gasteiger partial charge < -0.3 is 25.4 Å². The molecule has 2 atom stereocenters. The van der Waals surface area contributed by atoms with Crippen LogP contribution in [0.25, 0.3) is 0 Å². The van der Waals surface area contributed by atoms with E-state index in [0.717, 1.165) is 17.7 Å². The van der Waals surface area contributed by atoms with E-state index in [1.165, 1.54) is 0 Å². The number of amides is 1. The lowest BCUT2D eigenvalue weighted by Gasteiger charge is -2.31. The Morgan fingerprint density at radius 3 is 3.00 bits per heavy atom. The molecule has 25 heavy (non-hydrogen) atoms. The Hall–Kier alpha value is -1.55. The first kappa shape index (κ1) is 19.8. The zero-order valence-electron chi connectivity index (χ0n) is 14.3. The van der Waals surface area contributed by atoms with Crippen LogP contribution < -0.4 is 15.8 Å². The topological polar surface area (TPSA) is 89.2 Å². The number of carbonyl (C=O) groups excluding carboxylic acids is 1. The standard InChI is InChI=1S/C17H24N4O3.HI/c1-12-11-21(7-9-23-12)17(18)19-10-16(22)20-14-6-8-24-15-5-3-2-4-13(14)15;/h2-5,12,14H,6-11H2,1H3,(H2,18,19)(H,20,22);1H. The SMILES string of the molecule is CC1CN(C(N)=NCC(=O)NC2CCOc3ccccc32)CCO1.I. The molecule has 0 aliphatic carbocycles. The third-order valence-electron chi connectivity index (χ3n) is 4.24. The summed E-state index contributed by atoms with van der Waals surface area (Å²) < 4.78 is 11.1. The monoisotopic (exact) mass is 460 g/mol. The van der Waals surface area contributed by atoms with Crippen LogP contribution in [0.1, 0.15) is 24.9 Å². The van der Waals surface area contributed by atoms with Crippen LogP contribution in [0, 0.1) is 0 Å². The van der Waals surface area contributed by atoms with Crippen LogP contribution >= 0.6 is 24.0 Å². The maximum absolute atomic E-state index is 12.2. The summed E-state index contributed by atoms with van der Waals surface area (Å²) in [6, 6.07) is 7.73. The summed E-state index contributed by atoms with van der Waals surface area (Å²) >= 11 is 0. The lowest BCUT2D eigenvalue weighted by atomic mass is 10.0. The fraction of sp³-hybridized carbons (Fsp3) is 0.529. The van der Waals surface area contributed by atoms with Crippen LogP contribution in [0.4, 0.5) is 0 Å². The Labute approximate surface area is 165 Å². The Balaban J connectivity index is 0.00000225. The van der Waals surface area contributed by atoms with E-state index in [4.69, 9.17) is 15.2 Å².